The summed E-state index contributed by atoms with van der Waals surface area (Å²) in [5.41, 5.74) is 3.90. The molecule has 0 aliphatic rings. The fourth-order valence-corrected chi connectivity index (χ4v) is 1.58. The summed E-state index contributed by atoms with van der Waals surface area (Å²) >= 11 is 0. The van der Waals surface area contributed by atoms with Gasteiger partial charge in [0.15, 0.2) is 29.1 Å². The van der Waals surface area contributed by atoms with Crippen LogP contribution in [0.1, 0.15) is 15.9 Å². The molecule has 0 unspecified atom stereocenters. The van der Waals surface area contributed by atoms with Crippen molar-refractivity contribution in [1.82, 2.24) is 0 Å². The van der Waals surface area contributed by atoms with E-state index < -0.39 is 40.4 Å². The molecule has 7 heteroatoms. The normalized spacial score (nSPS) is 10.7. The molecule has 0 atom stereocenters. The minimum absolute atomic E-state index is 0.248. The molecule has 2 nitrogen and oxygen atoms in total. The van der Waals surface area contributed by atoms with E-state index >= 15 is 0 Å². The van der Waals surface area contributed by atoms with Crippen LogP contribution in [0.15, 0.2) is 24.3 Å². The summed E-state index contributed by atoms with van der Waals surface area (Å²) in [5.74, 6) is -12.3. The van der Waals surface area contributed by atoms with Gasteiger partial charge in [0.05, 0.1) is 0 Å². The monoisotopic (exact) mass is 287 g/mol. The first-order chi connectivity index (χ1) is 9.34. The molecule has 0 radical (unpaired) electrons. The minimum Gasteiger partial charge on any atom is -0.399 e. The Balaban J connectivity index is 2.64. The van der Waals surface area contributed by atoms with Gasteiger partial charge in [0.25, 0.3) is 0 Å². The second-order valence-electron chi connectivity index (χ2n) is 3.90. The van der Waals surface area contributed by atoms with Gasteiger partial charge in [-0.25, -0.2) is 22.0 Å². The van der Waals surface area contributed by atoms with Gasteiger partial charge in [0.1, 0.15) is 5.56 Å². The van der Waals surface area contributed by atoms with Gasteiger partial charge in [-0.2, -0.15) is 0 Å². The number of ketones is 1. The van der Waals surface area contributed by atoms with Crippen LogP contribution in [0.5, 0.6) is 0 Å². The lowest BCUT2D eigenvalue weighted by Gasteiger charge is -2.07. The average molecular weight is 287 g/mol. The fourth-order valence-electron chi connectivity index (χ4n) is 1.58. The van der Waals surface area contributed by atoms with Gasteiger partial charge in [-0.05, 0) is 24.3 Å². The van der Waals surface area contributed by atoms with Gasteiger partial charge in [-0.15, -0.1) is 0 Å². The Kier molecular flexibility index (Phi) is 3.44. The van der Waals surface area contributed by atoms with Crippen molar-refractivity contribution in [3.8, 4) is 0 Å². The van der Waals surface area contributed by atoms with Crippen LogP contribution in [0.4, 0.5) is 27.6 Å². The van der Waals surface area contributed by atoms with Crippen LogP contribution in [0.3, 0.4) is 0 Å². The quantitative estimate of drug-likeness (QED) is 0.303. The molecular formula is C13H6F5NO. The number of hydrogen-bond donors (Lipinski definition) is 1. The lowest BCUT2D eigenvalue weighted by Crippen LogP contribution is -2.13. The molecule has 0 spiro atoms. The predicted octanol–water partition coefficient (Wildman–Crippen LogP) is 3.20. The Morgan fingerprint density at radius 2 is 1.15 bits per heavy atom. The number of hydrogen-bond acceptors (Lipinski definition) is 2. The summed E-state index contributed by atoms with van der Waals surface area (Å²) in [6, 6.07) is 4.77. The van der Waals surface area contributed by atoms with Gasteiger partial charge >= 0.3 is 0 Å². The van der Waals surface area contributed by atoms with Crippen LogP contribution >= 0.6 is 0 Å². The van der Waals surface area contributed by atoms with Gasteiger partial charge in [0, 0.05) is 11.3 Å². The van der Waals surface area contributed by atoms with Crippen LogP contribution in [0.25, 0.3) is 0 Å². The molecule has 0 aliphatic carbocycles. The molecule has 2 aromatic carbocycles. The molecule has 0 aromatic heterocycles. The van der Waals surface area contributed by atoms with Crippen molar-refractivity contribution >= 4 is 11.5 Å². The van der Waals surface area contributed by atoms with Crippen molar-refractivity contribution in [2.45, 2.75) is 0 Å². The van der Waals surface area contributed by atoms with Crippen LogP contribution < -0.4 is 5.73 Å². The molecule has 2 aromatic rings. The van der Waals surface area contributed by atoms with Gasteiger partial charge in [0.2, 0.25) is 5.82 Å². The smallest absolute Gasteiger partial charge is 0.200 e. The standard InChI is InChI=1S/C13H6F5NO/c14-8-7(9(15)11(17)12(18)10(8)16)13(20)5-1-3-6(19)4-2-5/h1-4H,19H2. The first-order valence-corrected chi connectivity index (χ1v) is 5.26. The molecule has 0 bridgehead atoms. The largest absolute Gasteiger partial charge is 0.399 e. The fraction of sp³-hybridized carbons (Fsp3) is 0. The van der Waals surface area contributed by atoms with E-state index in [4.69, 9.17) is 5.73 Å². The van der Waals surface area contributed by atoms with Crippen molar-refractivity contribution in [3.63, 3.8) is 0 Å². The SMILES string of the molecule is Nc1ccc(C(=O)c2c(F)c(F)c(F)c(F)c2F)cc1. The highest BCUT2D eigenvalue weighted by Crippen LogP contribution is 2.25. The summed E-state index contributed by atoms with van der Waals surface area (Å²) in [6.07, 6.45) is 0. The zero-order valence-corrected chi connectivity index (χ0v) is 9.68. The number of nitrogens with two attached hydrogens (primary N) is 1. The zero-order valence-electron chi connectivity index (χ0n) is 9.68. The molecule has 0 amide bonds. The van der Waals surface area contributed by atoms with Crippen molar-refractivity contribution in [1.29, 1.82) is 0 Å². The van der Waals surface area contributed by atoms with E-state index in [1.807, 2.05) is 0 Å². The third-order valence-electron chi connectivity index (χ3n) is 2.61. The molecule has 104 valence electrons. The number of carbonyl (C=O) groups is 1. The van der Waals surface area contributed by atoms with E-state index in [9.17, 15) is 26.7 Å². The highest BCUT2D eigenvalue weighted by Gasteiger charge is 2.30. The highest BCUT2D eigenvalue weighted by molar-refractivity contribution is 6.09. The Hall–Kier alpha value is -2.44. The Morgan fingerprint density at radius 3 is 1.60 bits per heavy atom. The predicted molar refractivity (Wildman–Crippen MR) is 60.5 cm³/mol. The van der Waals surface area contributed by atoms with E-state index in [1.165, 1.54) is 12.1 Å². The summed E-state index contributed by atoms with van der Waals surface area (Å²) in [4.78, 5) is 11.8. The molecule has 0 saturated heterocycles. The maximum Gasteiger partial charge on any atom is 0.200 e. The summed E-state index contributed by atoms with van der Waals surface area (Å²) in [7, 11) is 0. The van der Waals surface area contributed by atoms with Gasteiger partial charge in [-0.1, -0.05) is 0 Å². The summed E-state index contributed by atoms with van der Waals surface area (Å²) in [5, 5.41) is 0. The molecule has 2 rings (SSSR count). The van der Waals surface area contributed by atoms with Crippen molar-refractivity contribution in [2.24, 2.45) is 0 Å². The van der Waals surface area contributed by atoms with Crippen LogP contribution in [-0.2, 0) is 0 Å². The number of rotatable bonds is 2. The van der Waals surface area contributed by atoms with Gasteiger partial charge < -0.3 is 5.73 Å². The molecule has 0 aliphatic heterocycles. The lowest BCUT2D eigenvalue weighted by atomic mass is 10.0. The average Bonchev–Trinajstić information content (AvgIpc) is 2.44. The number of nitrogen functional groups attached to an aromatic ring is 1. The Labute approximate surface area is 109 Å². The van der Waals surface area contributed by atoms with Gasteiger partial charge in [-0.3, -0.25) is 4.79 Å². The first kappa shape index (κ1) is 14.0. The highest BCUT2D eigenvalue weighted by atomic mass is 19.2. The Morgan fingerprint density at radius 1 is 0.750 bits per heavy atom. The van der Waals surface area contributed by atoms with Crippen molar-refractivity contribution in [2.75, 3.05) is 5.73 Å². The minimum atomic E-state index is -2.31. The van der Waals surface area contributed by atoms with Crippen LogP contribution in [0.2, 0.25) is 0 Å². The molecule has 0 fully saturated rings. The maximum atomic E-state index is 13.5. The lowest BCUT2D eigenvalue weighted by molar-refractivity contribution is 0.102. The van der Waals surface area contributed by atoms with E-state index in [0.717, 1.165) is 12.1 Å². The zero-order chi connectivity index (χ0) is 15.0. The number of halogens is 5. The molecule has 0 saturated carbocycles. The van der Waals surface area contributed by atoms with Crippen LogP contribution in [-0.4, -0.2) is 5.78 Å². The second kappa shape index (κ2) is 4.92. The molecule has 20 heavy (non-hydrogen) atoms. The molecular weight excluding hydrogens is 281 g/mol. The molecule has 2 N–H and O–H groups in total. The number of anilines is 1. The van der Waals surface area contributed by atoms with E-state index in [0.29, 0.717) is 0 Å². The maximum absolute atomic E-state index is 13.5. The van der Waals surface area contributed by atoms with E-state index in [2.05, 4.69) is 0 Å². The van der Waals surface area contributed by atoms with Crippen LogP contribution in [0, 0.1) is 29.1 Å². The van der Waals surface area contributed by atoms with Crippen molar-refractivity contribution in [3.05, 3.63) is 64.5 Å². The summed E-state index contributed by atoms with van der Waals surface area (Å²) < 4.78 is 65.8. The molecule has 0 heterocycles. The summed E-state index contributed by atoms with van der Waals surface area (Å²) in [6.45, 7) is 0. The third kappa shape index (κ3) is 2.11. The van der Waals surface area contributed by atoms with Crippen molar-refractivity contribution < 1.29 is 26.7 Å². The number of benzene rings is 2. The topological polar surface area (TPSA) is 43.1 Å². The van der Waals surface area contributed by atoms with E-state index in [1.54, 1.807) is 0 Å². The van der Waals surface area contributed by atoms with E-state index in [-0.39, 0.29) is 11.3 Å². The Bertz CT molecular complexity index is 668. The second-order valence-corrected chi connectivity index (χ2v) is 3.90. The third-order valence-corrected chi connectivity index (χ3v) is 2.61. The first-order valence-electron chi connectivity index (χ1n) is 5.26. The number of carbonyl (C=O) groups excluding carboxylic acids is 1.